The van der Waals surface area contributed by atoms with Crippen molar-refractivity contribution in [1.82, 2.24) is 0 Å². The van der Waals surface area contributed by atoms with Crippen molar-refractivity contribution in [2.45, 2.75) is 77.2 Å². The topological polar surface area (TPSA) is 20.2 Å². The Hall–Kier alpha value is -2.29. The largest absolute Gasteiger partial charge is 0.384 e. The summed E-state index contributed by atoms with van der Waals surface area (Å²) in [7, 11) is 0. The number of rotatable bonds is 16. The number of unbranched alkanes of at least 4 members (excludes halogenated alkanes) is 9. The van der Waals surface area contributed by atoms with Gasteiger partial charge < -0.3 is 5.11 Å². The van der Waals surface area contributed by atoms with Crippen LogP contribution in [0, 0.1) is 0 Å². The molecule has 0 aliphatic rings. The molecule has 3 rings (SSSR count). The number of aliphatic hydroxyl groups is 1. The van der Waals surface area contributed by atoms with E-state index in [2.05, 4.69) is 61.5 Å². The zero-order valence-corrected chi connectivity index (χ0v) is 22.2. The summed E-state index contributed by atoms with van der Waals surface area (Å²) in [5.41, 5.74) is 4.19. The normalized spacial score (nSPS) is 12.9. The molecule has 0 heterocycles. The predicted octanol–water partition coefficient (Wildman–Crippen LogP) is 9.94. The molecule has 0 radical (unpaired) electrons. The van der Waals surface area contributed by atoms with Gasteiger partial charge in [-0.3, -0.25) is 0 Å². The van der Waals surface area contributed by atoms with Crippen molar-refractivity contribution in [3.63, 3.8) is 0 Å². The fourth-order valence-electron chi connectivity index (χ4n) is 4.50. The number of benzene rings is 3. The summed E-state index contributed by atoms with van der Waals surface area (Å²) < 4.78 is 0. The van der Waals surface area contributed by atoms with Crippen molar-refractivity contribution in [2.75, 3.05) is 5.75 Å². The molecule has 186 valence electrons. The molecule has 35 heavy (non-hydrogen) atoms. The number of hydrogen-bond donors (Lipinski definition) is 1. The molecule has 0 spiro atoms. The smallest absolute Gasteiger partial charge is 0.106 e. The quantitative estimate of drug-likeness (QED) is 0.160. The number of hydrogen-bond acceptors (Lipinski definition) is 2. The van der Waals surface area contributed by atoms with E-state index in [0.29, 0.717) is 0 Å². The van der Waals surface area contributed by atoms with Crippen LogP contribution < -0.4 is 0 Å². The predicted molar refractivity (Wildman–Crippen MR) is 155 cm³/mol. The molecule has 0 saturated heterocycles. The molecule has 3 aromatic rings. The standard InChI is InChI=1S/C33H42OS/c1-2-3-4-5-6-7-8-9-10-20-27-35-33(30-25-18-13-19-26-30)31(28-21-14-11-15-22-28)32(34)29-23-16-12-17-24-29/h11-19,21-26,32,34H,2-10,20,27H2,1H3/b33-31+. The molecule has 1 nitrogen and oxygen atoms in total. The zero-order chi connectivity index (χ0) is 24.6. The van der Waals surface area contributed by atoms with Crippen molar-refractivity contribution in [1.29, 1.82) is 0 Å². The van der Waals surface area contributed by atoms with Gasteiger partial charge in [0.05, 0.1) is 0 Å². The second-order valence-corrected chi connectivity index (χ2v) is 10.4. The van der Waals surface area contributed by atoms with Gasteiger partial charge in [0.25, 0.3) is 0 Å². The van der Waals surface area contributed by atoms with Gasteiger partial charge in [-0.15, -0.1) is 11.8 Å². The van der Waals surface area contributed by atoms with Crippen molar-refractivity contribution >= 4 is 22.2 Å². The van der Waals surface area contributed by atoms with Crippen LogP contribution in [0.5, 0.6) is 0 Å². The second-order valence-electron chi connectivity index (χ2n) is 9.32. The summed E-state index contributed by atoms with van der Waals surface area (Å²) >= 11 is 1.90. The Morgan fingerprint density at radius 1 is 0.600 bits per heavy atom. The highest BCUT2D eigenvalue weighted by atomic mass is 32.2. The fraction of sp³-hybridized carbons (Fsp3) is 0.394. The lowest BCUT2D eigenvalue weighted by molar-refractivity contribution is 0.239. The molecule has 1 atom stereocenters. The second kappa shape index (κ2) is 16.4. The lowest BCUT2D eigenvalue weighted by Gasteiger charge is -2.21. The molecule has 3 aromatic carbocycles. The summed E-state index contributed by atoms with van der Waals surface area (Å²) in [5, 5.41) is 11.6. The van der Waals surface area contributed by atoms with Gasteiger partial charge in [-0.1, -0.05) is 156 Å². The van der Waals surface area contributed by atoms with Crippen molar-refractivity contribution in [2.24, 2.45) is 0 Å². The molecular formula is C33H42OS. The summed E-state index contributed by atoms with van der Waals surface area (Å²) in [4.78, 5) is 1.18. The molecule has 1 N–H and O–H groups in total. The monoisotopic (exact) mass is 486 g/mol. The Bertz CT molecular complexity index is 966. The summed E-state index contributed by atoms with van der Waals surface area (Å²) in [6, 6.07) is 31.0. The van der Waals surface area contributed by atoms with Gasteiger partial charge in [0, 0.05) is 10.5 Å². The van der Waals surface area contributed by atoms with E-state index >= 15 is 0 Å². The lowest BCUT2D eigenvalue weighted by atomic mass is 9.93. The van der Waals surface area contributed by atoms with Crippen LogP contribution in [0.2, 0.25) is 0 Å². The van der Waals surface area contributed by atoms with E-state index in [9.17, 15) is 5.11 Å². The molecule has 0 saturated carbocycles. The van der Waals surface area contributed by atoms with Crippen LogP contribution in [-0.4, -0.2) is 10.9 Å². The third-order valence-corrected chi connectivity index (χ3v) is 7.74. The molecule has 0 aliphatic carbocycles. The van der Waals surface area contributed by atoms with Crippen LogP contribution in [0.4, 0.5) is 0 Å². The van der Waals surface area contributed by atoms with E-state index in [4.69, 9.17) is 0 Å². The third kappa shape index (κ3) is 9.35. The van der Waals surface area contributed by atoms with E-state index in [1.165, 1.54) is 74.7 Å². The average molecular weight is 487 g/mol. The van der Waals surface area contributed by atoms with E-state index < -0.39 is 6.10 Å². The highest BCUT2D eigenvalue weighted by Gasteiger charge is 2.21. The van der Waals surface area contributed by atoms with Crippen LogP contribution in [0.3, 0.4) is 0 Å². The first-order valence-electron chi connectivity index (χ1n) is 13.5. The van der Waals surface area contributed by atoms with Gasteiger partial charge in [-0.05, 0) is 28.9 Å². The molecule has 0 bridgehead atoms. The molecule has 0 fully saturated rings. The van der Waals surface area contributed by atoms with Gasteiger partial charge in [0.15, 0.2) is 0 Å². The van der Waals surface area contributed by atoms with Crippen LogP contribution in [-0.2, 0) is 0 Å². The molecular weight excluding hydrogens is 444 g/mol. The Morgan fingerprint density at radius 3 is 1.60 bits per heavy atom. The van der Waals surface area contributed by atoms with Gasteiger partial charge in [0.2, 0.25) is 0 Å². The molecule has 0 aromatic heterocycles. The van der Waals surface area contributed by atoms with Crippen molar-refractivity contribution in [3.8, 4) is 0 Å². The average Bonchev–Trinajstić information content (AvgIpc) is 2.92. The third-order valence-electron chi connectivity index (χ3n) is 6.50. The maximum Gasteiger partial charge on any atom is 0.106 e. The number of thioether (sulfide) groups is 1. The molecule has 0 aliphatic heterocycles. The van der Waals surface area contributed by atoms with Crippen LogP contribution in [0.1, 0.15) is 93.9 Å². The molecule has 2 heteroatoms. The molecule has 1 unspecified atom stereocenters. The lowest BCUT2D eigenvalue weighted by Crippen LogP contribution is -2.04. The van der Waals surface area contributed by atoms with Crippen LogP contribution in [0.25, 0.3) is 10.5 Å². The van der Waals surface area contributed by atoms with E-state index in [1.807, 2.05) is 48.2 Å². The minimum atomic E-state index is -0.672. The van der Waals surface area contributed by atoms with Gasteiger partial charge >= 0.3 is 0 Å². The highest BCUT2D eigenvalue weighted by Crippen LogP contribution is 2.42. The van der Waals surface area contributed by atoms with Crippen molar-refractivity contribution < 1.29 is 5.11 Å². The SMILES string of the molecule is CCCCCCCCCCCCS/C(=C(\c1ccccc1)C(O)c1ccccc1)c1ccccc1. The van der Waals surface area contributed by atoms with E-state index in [0.717, 1.165) is 22.5 Å². The van der Waals surface area contributed by atoms with Crippen molar-refractivity contribution in [3.05, 3.63) is 108 Å². The first kappa shape index (κ1) is 27.3. The molecule has 0 amide bonds. The van der Waals surface area contributed by atoms with Crippen LogP contribution in [0.15, 0.2) is 91.0 Å². The maximum atomic E-state index is 11.6. The maximum absolute atomic E-state index is 11.6. The summed E-state index contributed by atoms with van der Waals surface area (Å²) in [6.07, 6.45) is 12.8. The first-order chi connectivity index (χ1) is 17.3. The first-order valence-corrected chi connectivity index (χ1v) is 14.5. The minimum Gasteiger partial charge on any atom is -0.384 e. The Labute approximate surface area is 217 Å². The van der Waals surface area contributed by atoms with E-state index in [1.54, 1.807) is 0 Å². The Balaban J connectivity index is 1.70. The fourth-order valence-corrected chi connectivity index (χ4v) is 5.74. The summed E-state index contributed by atoms with van der Waals surface area (Å²) in [5.74, 6) is 1.07. The van der Waals surface area contributed by atoms with Crippen LogP contribution >= 0.6 is 11.8 Å². The summed E-state index contributed by atoms with van der Waals surface area (Å²) in [6.45, 7) is 2.28. The Morgan fingerprint density at radius 2 is 1.06 bits per heavy atom. The Kier molecular flexibility index (Phi) is 12.8. The number of aliphatic hydroxyl groups excluding tert-OH is 1. The zero-order valence-electron chi connectivity index (χ0n) is 21.4. The minimum absolute atomic E-state index is 0.672. The highest BCUT2D eigenvalue weighted by molar-refractivity contribution is 8.08. The van der Waals surface area contributed by atoms with Gasteiger partial charge in [-0.25, -0.2) is 0 Å². The van der Waals surface area contributed by atoms with Gasteiger partial charge in [-0.2, -0.15) is 0 Å². The van der Waals surface area contributed by atoms with Gasteiger partial charge in [0.1, 0.15) is 6.10 Å². The van der Waals surface area contributed by atoms with E-state index in [-0.39, 0.29) is 0 Å².